The zero-order valence-corrected chi connectivity index (χ0v) is 17.0. The number of ether oxygens (including phenoxy) is 1. The number of thioether (sulfide) groups is 1. The third kappa shape index (κ3) is 5.41. The second-order valence-corrected chi connectivity index (χ2v) is 8.40. The number of hydrogen-bond acceptors (Lipinski definition) is 6. The van der Waals surface area contributed by atoms with Crippen LogP contribution >= 0.6 is 23.4 Å². The first-order valence-corrected chi connectivity index (χ1v) is 10.2. The van der Waals surface area contributed by atoms with Crippen molar-refractivity contribution in [1.29, 1.82) is 0 Å². The van der Waals surface area contributed by atoms with Crippen LogP contribution in [-0.2, 0) is 9.53 Å². The minimum Gasteiger partial charge on any atom is -0.370 e. The second-order valence-electron chi connectivity index (χ2n) is 7.02. The lowest BCUT2D eigenvalue weighted by Gasteiger charge is -2.37. The maximum atomic E-state index is 12.3. The van der Waals surface area contributed by atoms with Crippen LogP contribution < -0.4 is 10.2 Å². The number of carbonyl (C=O) groups is 1. The van der Waals surface area contributed by atoms with Gasteiger partial charge >= 0.3 is 0 Å². The van der Waals surface area contributed by atoms with Crippen molar-refractivity contribution in [3.05, 3.63) is 29.3 Å². The molecule has 10 heteroatoms. The van der Waals surface area contributed by atoms with E-state index in [2.05, 4.69) is 34.7 Å². The third-order valence-electron chi connectivity index (χ3n) is 4.61. The van der Waals surface area contributed by atoms with Gasteiger partial charge in [-0.05, 0) is 42.5 Å². The highest BCUT2D eigenvalue weighted by molar-refractivity contribution is 7.99. The lowest BCUT2D eigenvalue weighted by atomic mass is 10.0. The van der Waals surface area contributed by atoms with Crippen molar-refractivity contribution in [2.45, 2.75) is 24.5 Å². The lowest BCUT2D eigenvalue weighted by molar-refractivity contribution is -0.954. The van der Waals surface area contributed by atoms with E-state index in [-0.39, 0.29) is 17.2 Å². The largest absolute Gasteiger partial charge is 0.370 e. The molecule has 0 unspecified atom stereocenters. The Morgan fingerprint density at radius 3 is 2.93 bits per heavy atom. The molecule has 146 valence electrons. The fourth-order valence-electron chi connectivity index (χ4n) is 2.96. The second kappa shape index (κ2) is 9.01. The van der Waals surface area contributed by atoms with Gasteiger partial charge in [0.05, 0.1) is 31.2 Å². The van der Waals surface area contributed by atoms with Gasteiger partial charge in [0, 0.05) is 5.02 Å². The zero-order chi connectivity index (χ0) is 19.3. The highest BCUT2D eigenvalue weighted by Crippen LogP contribution is 2.20. The molecule has 0 spiro atoms. The molecule has 0 aliphatic carbocycles. The minimum atomic E-state index is -0.0404. The summed E-state index contributed by atoms with van der Waals surface area (Å²) in [6.07, 6.45) is 0. The molecule has 2 aromatic rings. The minimum absolute atomic E-state index is 0.0352. The molecule has 1 saturated heterocycles. The van der Waals surface area contributed by atoms with Gasteiger partial charge in [-0.2, -0.15) is 4.68 Å². The van der Waals surface area contributed by atoms with Gasteiger partial charge in [-0.3, -0.25) is 4.79 Å². The summed E-state index contributed by atoms with van der Waals surface area (Å²) in [7, 11) is 0. The number of tetrazole rings is 1. The molecule has 2 heterocycles. The monoisotopic (exact) mass is 411 g/mol. The molecule has 1 aromatic carbocycles. The number of hydrogen-bond donors (Lipinski definition) is 2. The summed E-state index contributed by atoms with van der Waals surface area (Å²) in [6, 6.07) is 7.25. The highest BCUT2D eigenvalue weighted by Gasteiger charge is 2.32. The summed E-state index contributed by atoms with van der Waals surface area (Å²) in [4.78, 5) is 13.8. The lowest BCUT2D eigenvalue weighted by Crippen LogP contribution is -3.22. The Kier molecular flexibility index (Phi) is 6.69. The van der Waals surface area contributed by atoms with Crippen molar-refractivity contribution in [3.8, 4) is 5.69 Å². The highest BCUT2D eigenvalue weighted by atomic mass is 35.5. The summed E-state index contributed by atoms with van der Waals surface area (Å²) in [5.41, 5.74) is 0.722. The van der Waals surface area contributed by atoms with E-state index in [1.54, 1.807) is 16.8 Å². The summed E-state index contributed by atoms with van der Waals surface area (Å²) in [6.45, 7) is 8.42. The predicted octanol–water partition coefficient (Wildman–Crippen LogP) is 0.218. The number of morpholine rings is 1. The van der Waals surface area contributed by atoms with Gasteiger partial charge in [0.25, 0.3) is 0 Å². The van der Waals surface area contributed by atoms with E-state index in [4.69, 9.17) is 16.3 Å². The van der Waals surface area contributed by atoms with Crippen LogP contribution in [0.1, 0.15) is 13.8 Å². The smallest absolute Gasteiger partial charge is 0.230 e. The van der Waals surface area contributed by atoms with Crippen LogP contribution in [0.25, 0.3) is 5.69 Å². The van der Waals surface area contributed by atoms with Crippen molar-refractivity contribution >= 4 is 29.3 Å². The van der Waals surface area contributed by atoms with Crippen LogP contribution in [0.15, 0.2) is 29.4 Å². The van der Waals surface area contributed by atoms with Crippen molar-refractivity contribution in [3.63, 3.8) is 0 Å². The first kappa shape index (κ1) is 20.1. The normalized spacial score (nSPS) is 15.7. The van der Waals surface area contributed by atoms with Crippen LogP contribution in [0, 0.1) is 0 Å². The molecule has 1 fully saturated rings. The molecule has 8 nitrogen and oxygen atoms in total. The third-order valence-corrected chi connectivity index (χ3v) is 5.76. The molecule has 3 rings (SSSR count). The van der Waals surface area contributed by atoms with E-state index >= 15 is 0 Å². The fraction of sp³-hybridized carbons (Fsp3) is 0.529. The van der Waals surface area contributed by atoms with Crippen molar-refractivity contribution in [2.75, 3.05) is 38.6 Å². The van der Waals surface area contributed by atoms with Crippen LogP contribution in [0.5, 0.6) is 0 Å². The van der Waals surface area contributed by atoms with Crippen molar-refractivity contribution in [1.82, 2.24) is 25.5 Å². The Hall–Kier alpha value is -1.68. The molecule has 0 saturated carbocycles. The Balaban J connectivity index is 1.52. The van der Waals surface area contributed by atoms with Crippen molar-refractivity contribution in [2.24, 2.45) is 0 Å². The number of carbonyl (C=O) groups excluding carboxylic acids is 1. The van der Waals surface area contributed by atoms with E-state index in [9.17, 15) is 4.79 Å². The molecule has 0 radical (unpaired) electrons. The maximum absolute atomic E-state index is 12.3. The summed E-state index contributed by atoms with van der Waals surface area (Å²) < 4.78 is 6.99. The molecule has 1 aliphatic rings. The van der Waals surface area contributed by atoms with Gasteiger partial charge in [0.1, 0.15) is 18.6 Å². The van der Waals surface area contributed by atoms with E-state index in [1.165, 1.54) is 16.7 Å². The standard InChI is InChI=1S/C17H23ClN6O2S/c1-17(2,23-6-8-26-9-7-23)12-19-15(25)11-27-16-20-21-22-24(16)14-5-3-4-13(18)10-14/h3-5,10H,6-9,11-12H2,1-2H3,(H,19,25)/p+1. The first-order valence-electron chi connectivity index (χ1n) is 8.82. The molecule has 27 heavy (non-hydrogen) atoms. The predicted molar refractivity (Wildman–Crippen MR) is 103 cm³/mol. The van der Waals surface area contributed by atoms with Crippen LogP contribution in [0.4, 0.5) is 0 Å². The number of rotatable bonds is 7. The molecule has 1 amide bonds. The summed E-state index contributed by atoms with van der Waals surface area (Å²) >= 11 is 7.32. The summed E-state index contributed by atoms with van der Waals surface area (Å²) in [5, 5.41) is 15.9. The average Bonchev–Trinajstić information content (AvgIpc) is 3.14. The number of benzene rings is 1. The maximum Gasteiger partial charge on any atom is 0.230 e. The Labute approximate surface area is 167 Å². The topological polar surface area (TPSA) is 86.4 Å². The molecule has 0 atom stereocenters. The van der Waals surface area contributed by atoms with E-state index in [0.29, 0.717) is 16.7 Å². The SMILES string of the molecule is CC(C)(CNC(=O)CSc1nnnn1-c1cccc(Cl)c1)[NH+]1CCOCC1. The molecule has 0 bridgehead atoms. The van der Waals surface area contributed by atoms with Crippen LogP contribution in [0.3, 0.4) is 0 Å². The number of quaternary nitrogens is 1. The van der Waals surface area contributed by atoms with Gasteiger partial charge in [0.15, 0.2) is 0 Å². The zero-order valence-electron chi connectivity index (χ0n) is 15.4. The van der Waals surface area contributed by atoms with E-state index < -0.39 is 0 Å². The molecule has 2 N–H and O–H groups in total. The Bertz CT molecular complexity index is 778. The van der Waals surface area contributed by atoms with Crippen LogP contribution in [-0.4, -0.2) is 70.3 Å². The molecule has 1 aliphatic heterocycles. The number of amides is 1. The van der Waals surface area contributed by atoms with Gasteiger partial charge in [0.2, 0.25) is 11.1 Å². The Morgan fingerprint density at radius 2 is 2.19 bits per heavy atom. The number of nitrogens with zero attached hydrogens (tertiary/aromatic N) is 4. The quantitative estimate of drug-likeness (QED) is 0.634. The number of nitrogens with one attached hydrogen (secondary N) is 2. The Morgan fingerprint density at radius 1 is 1.41 bits per heavy atom. The van der Waals surface area contributed by atoms with Crippen molar-refractivity contribution < 1.29 is 14.4 Å². The van der Waals surface area contributed by atoms with E-state index in [0.717, 1.165) is 32.0 Å². The number of halogens is 1. The summed E-state index contributed by atoms with van der Waals surface area (Å²) in [5.74, 6) is 0.205. The first-order chi connectivity index (χ1) is 13.0. The van der Waals surface area contributed by atoms with Gasteiger partial charge in [-0.25, -0.2) is 0 Å². The van der Waals surface area contributed by atoms with Crippen LogP contribution in [0.2, 0.25) is 5.02 Å². The number of aromatic nitrogens is 4. The molecular weight excluding hydrogens is 388 g/mol. The van der Waals surface area contributed by atoms with Gasteiger partial charge in [-0.1, -0.05) is 29.4 Å². The van der Waals surface area contributed by atoms with Gasteiger partial charge < -0.3 is 15.0 Å². The average molecular weight is 412 g/mol. The van der Waals surface area contributed by atoms with E-state index in [1.807, 2.05) is 12.1 Å². The van der Waals surface area contributed by atoms with Gasteiger partial charge in [-0.15, -0.1) is 5.10 Å². The fourth-order valence-corrected chi connectivity index (χ4v) is 3.86. The molecular formula is C17H24ClN6O2S+. The molecule has 1 aromatic heterocycles.